The molecule has 0 bridgehead atoms. The molecule has 2 N–H and O–H groups in total. The summed E-state index contributed by atoms with van der Waals surface area (Å²) in [5, 5.41) is 2.73. The van der Waals surface area contributed by atoms with Gasteiger partial charge in [-0.25, -0.2) is 21.6 Å². The minimum Gasteiger partial charge on any atom is -0.348 e. The van der Waals surface area contributed by atoms with Gasteiger partial charge >= 0.3 is 0 Å². The lowest BCUT2D eigenvalue weighted by Gasteiger charge is -2.32. The zero-order valence-electron chi connectivity index (χ0n) is 17.5. The van der Waals surface area contributed by atoms with Crippen molar-refractivity contribution in [1.82, 2.24) is 14.3 Å². The fourth-order valence-corrected chi connectivity index (χ4v) is 6.07. The summed E-state index contributed by atoms with van der Waals surface area (Å²) >= 11 is 0. The molecule has 1 fully saturated rings. The van der Waals surface area contributed by atoms with Crippen LogP contribution in [0.15, 0.2) is 58.3 Å². The number of nitrogens with one attached hydrogen (secondary N) is 2. The van der Waals surface area contributed by atoms with Crippen LogP contribution in [0.1, 0.15) is 42.1 Å². The van der Waals surface area contributed by atoms with Crippen LogP contribution in [0.4, 0.5) is 0 Å². The van der Waals surface area contributed by atoms with Crippen molar-refractivity contribution in [2.24, 2.45) is 0 Å². The van der Waals surface area contributed by atoms with E-state index in [1.165, 1.54) is 47.8 Å². The van der Waals surface area contributed by atoms with Crippen molar-refractivity contribution in [3.05, 3.63) is 59.7 Å². The average Bonchev–Trinajstić information content (AvgIpc) is 2.78. The van der Waals surface area contributed by atoms with E-state index in [-0.39, 0.29) is 28.3 Å². The number of carbonyl (C=O) groups is 1. The molecule has 1 heterocycles. The van der Waals surface area contributed by atoms with Gasteiger partial charge in [-0.1, -0.05) is 18.6 Å². The highest BCUT2D eigenvalue weighted by atomic mass is 32.2. The summed E-state index contributed by atoms with van der Waals surface area (Å²) < 4.78 is 53.4. The minimum atomic E-state index is -3.59. The normalized spacial score (nSPS) is 17.9. The van der Waals surface area contributed by atoms with Gasteiger partial charge in [-0.05, 0) is 68.8 Å². The Hall–Kier alpha value is -2.27. The third-order valence-corrected chi connectivity index (χ3v) is 8.84. The number of benzene rings is 2. The fraction of sp³-hybridized carbons (Fsp3) is 0.381. The van der Waals surface area contributed by atoms with Gasteiger partial charge in [0.1, 0.15) is 0 Å². The molecule has 0 radical (unpaired) electrons. The molecule has 10 heteroatoms. The van der Waals surface area contributed by atoms with Gasteiger partial charge in [-0.15, -0.1) is 0 Å². The molecule has 1 amide bonds. The summed E-state index contributed by atoms with van der Waals surface area (Å²) in [5.41, 5.74) is 0.951. The first-order valence-corrected chi connectivity index (χ1v) is 13.0. The largest absolute Gasteiger partial charge is 0.348 e. The quantitative estimate of drug-likeness (QED) is 0.650. The first-order valence-electron chi connectivity index (χ1n) is 10.1. The molecule has 0 aliphatic carbocycles. The molecular formula is C21H27N3O5S2. The Balaban J connectivity index is 1.68. The maximum atomic E-state index is 12.9. The molecular weight excluding hydrogens is 438 g/mol. The van der Waals surface area contributed by atoms with Gasteiger partial charge in [-0.2, -0.15) is 4.31 Å². The van der Waals surface area contributed by atoms with Gasteiger partial charge in [0.25, 0.3) is 5.91 Å². The topological polar surface area (TPSA) is 113 Å². The van der Waals surface area contributed by atoms with E-state index in [9.17, 15) is 21.6 Å². The van der Waals surface area contributed by atoms with Crippen LogP contribution < -0.4 is 10.0 Å². The lowest BCUT2D eigenvalue weighted by Crippen LogP contribution is -2.41. The number of piperidine rings is 1. The monoisotopic (exact) mass is 465 g/mol. The number of carbonyl (C=O) groups excluding carboxylic acids is 1. The van der Waals surface area contributed by atoms with E-state index in [4.69, 9.17) is 0 Å². The highest BCUT2D eigenvalue weighted by Crippen LogP contribution is 2.25. The SMILES string of the molecule is CNS(=O)(=O)c1cccc(CNC(=O)c2ccc(S(=O)(=O)N3CCCCC3C)cc2)c1. The van der Waals surface area contributed by atoms with Crippen LogP contribution in [-0.4, -0.2) is 46.7 Å². The van der Waals surface area contributed by atoms with E-state index in [1.807, 2.05) is 6.92 Å². The highest BCUT2D eigenvalue weighted by molar-refractivity contribution is 7.89. The van der Waals surface area contributed by atoms with E-state index in [2.05, 4.69) is 10.0 Å². The number of nitrogens with zero attached hydrogens (tertiary/aromatic N) is 1. The zero-order chi connectivity index (χ0) is 22.6. The van der Waals surface area contributed by atoms with E-state index in [0.717, 1.165) is 19.3 Å². The van der Waals surface area contributed by atoms with E-state index < -0.39 is 20.0 Å². The molecule has 1 saturated heterocycles. The second-order valence-electron chi connectivity index (χ2n) is 7.52. The van der Waals surface area contributed by atoms with Crippen molar-refractivity contribution < 1.29 is 21.6 Å². The number of hydrogen-bond acceptors (Lipinski definition) is 5. The molecule has 8 nitrogen and oxygen atoms in total. The molecule has 1 aliphatic heterocycles. The lowest BCUT2D eigenvalue weighted by atomic mass is 10.1. The number of amides is 1. The Morgan fingerprint density at radius 2 is 1.74 bits per heavy atom. The van der Waals surface area contributed by atoms with Gasteiger partial charge in [0.15, 0.2) is 0 Å². The first-order chi connectivity index (χ1) is 14.6. The standard InChI is InChI=1S/C21H27N3O5S2/c1-16-6-3-4-13-24(16)31(28,29)19-11-9-18(10-12-19)21(25)23-15-17-7-5-8-20(14-17)30(26,27)22-2/h5,7-12,14,16,22H,3-4,6,13,15H2,1-2H3,(H,23,25). The van der Waals surface area contributed by atoms with E-state index in [0.29, 0.717) is 17.7 Å². The van der Waals surface area contributed by atoms with Gasteiger partial charge in [-0.3, -0.25) is 4.79 Å². The maximum absolute atomic E-state index is 12.9. The summed E-state index contributed by atoms with van der Waals surface area (Å²) in [6, 6.07) is 12.1. The summed E-state index contributed by atoms with van der Waals surface area (Å²) in [5.74, 6) is -0.378. The first kappa shape index (κ1) is 23.4. The molecule has 1 aliphatic rings. The van der Waals surface area contributed by atoms with Crippen LogP contribution in [0.3, 0.4) is 0 Å². The van der Waals surface area contributed by atoms with Gasteiger partial charge in [0, 0.05) is 24.7 Å². The Morgan fingerprint density at radius 3 is 2.39 bits per heavy atom. The van der Waals surface area contributed by atoms with Crippen LogP contribution in [-0.2, 0) is 26.6 Å². The van der Waals surface area contributed by atoms with Crippen LogP contribution in [0.25, 0.3) is 0 Å². The Bertz CT molecular complexity index is 1150. The maximum Gasteiger partial charge on any atom is 0.251 e. The van der Waals surface area contributed by atoms with Gasteiger partial charge in [0.2, 0.25) is 20.0 Å². The van der Waals surface area contributed by atoms with E-state index >= 15 is 0 Å². The molecule has 3 rings (SSSR count). The summed E-state index contributed by atoms with van der Waals surface area (Å²) in [6.45, 7) is 2.56. The van der Waals surface area contributed by atoms with Gasteiger partial charge in [0.05, 0.1) is 9.79 Å². The molecule has 1 unspecified atom stereocenters. The Morgan fingerprint density at radius 1 is 1.03 bits per heavy atom. The minimum absolute atomic E-state index is 0.0378. The average molecular weight is 466 g/mol. The van der Waals surface area contributed by atoms with Crippen LogP contribution >= 0.6 is 0 Å². The molecule has 2 aromatic rings. The predicted molar refractivity (Wildman–Crippen MR) is 118 cm³/mol. The predicted octanol–water partition coefficient (Wildman–Crippen LogP) is 2.09. The smallest absolute Gasteiger partial charge is 0.251 e. The Labute approximate surface area is 183 Å². The van der Waals surface area contributed by atoms with Crippen LogP contribution in [0, 0.1) is 0 Å². The summed E-state index contributed by atoms with van der Waals surface area (Å²) in [7, 11) is -5.83. The molecule has 0 spiro atoms. The molecule has 31 heavy (non-hydrogen) atoms. The Kier molecular flexibility index (Phi) is 7.15. The fourth-order valence-electron chi connectivity index (χ4n) is 3.57. The molecule has 0 saturated carbocycles. The number of hydrogen-bond donors (Lipinski definition) is 2. The second kappa shape index (κ2) is 9.47. The molecule has 1 atom stereocenters. The van der Waals surface area contributed by atoms with Crippen LogP contribution in [0.5, 0.6) is 0 Å². The van der Waals surface area contributed by atoms with Crippen molar-refractivity contribution >= 4 is 26.0 Å². The molecule has 168 valence electrons. The third kappa shape index (κ3) is 5.32. The summed E-state index contributed by atoms with van der Waals surface area (Å²) in [6.07, 6.45) is 2.72. The molecule has 2 aromatic carbocycles. The van der Waals surface area contributed by atoms with Crippen molar-refractivity contribution in [2.45, 2.75) is 48.6 Å². The van der Waals surface area contributed by atoms with Gasteiger partial charge < -0.3 is 5.32 Å². The second-order valence-corrected chi connectivity index (χ2v) is 11.3. The van der Waals surface area contributed by atoms with Crippen molar-refractivity contribution in [3.63, 3.8) is 0 Å². The zero-order valence-corrected chi connectivity index (χ0v) is 19.2. The van der Waals surface area contributed by atoms with Crippen molar-refractivity contribution in [3.8, 4) is 0 Å². The van der Waals surface area contributed by atoms with E-state index in [1.54, 1.807) is 12.1 Å². The number of sulfonamides is 2. The lowest BCUT2D eigenvalue weighted by molar-refractivity contribution is 0.0950. The number of rotatable bonds is 7. The summed E-state index contributed by atoms with van der Waals surface area (Å²) in [4.78, 5) is 12.8. The third-order valence-electron chi connectivity index (χ3n) is 5.40. The highest BCUT2D eigenvalue weighted by Gasteiger charge is 2.30. The van der Waals surface area contributed by atoms with Crippen molar-refractivity contribution in [2.75, 3.05) is 13.6 Å². The van der Waals surface area contributed by atoms with Crippen LogP contribution in [0.2, 0.25) is 0 Å². The van der Waals surface area contributed by atoms with Crippen molar-refractivity contribution in [1.29, 1.82) is 0 Å². The molecule has 0 aromatic heterocycles.